The average molecular weight is 298 g/mol. The molecule has 4 nitrogen and oxygen atoms in total. The van der Waals surface area contributed by atoms with Crippen molar-refractivity contribution in [3.05, 3.63) is 22.9 Å². The third kappa shape index (κ3) is 2.84. The molecule has 0 spiro atoms. The van der Waals surface area contributed by atoms with Crippen molar-refractivity contribution in [3.63, 3.8) is 0 Å². The minimum atomic E-state index is 0.0297. The third-order valence-corrected chi connectivity index (χ3v) is 4.06. The SMILES string of the molecule is NCC1(CC(=O)Nc2ccncc2Br)CCC1. The Balaban J connectivity index is 1.96. The van der Waals surface area contributed by atoms with Crippen LogP contribution in [0.25, 0.3) is 0 Å². The Morgan fingerprint density at radius 2 is 2.35 bits per heavy atom. The average Bonchev–Trinajstić information content (AvgIpc) is 2.27. The summed E-state index contributed by atoms with van der Waals surface area (Å²) < 4.78 is 0.795. The van der Waals surface area contributed by atoms with Crippen molar-refractivity contribution in [3.8, 4) is 0 Å². The molecule has 1 aromatic rings. The molecule has 1 aliphatic rings. The van der Waals surface area contributed by atoms with Crippen LogP contribution >= 0.6 is 15.9 Å². The fourth-order valence-corrected chi connectivity index (χ4v) is 2.49. The summed E-state index contributed by atoms with van der Waals surface area (Å²) in [6, 6.07) is 1.78. The van der Waals surface area contributed by atoms with Crippen LogP contribution in [0.5, 0.6) is 0 Å². The Bertz CT molecular complexity index is 412. The van der Waals surface area contributed by atoms with E-state index >= 15 is 0 Å². The fourth-order valence-electron chi connectivity index (χ4n) is 2.14. The highest BCUT2D eigenvalue weighted by Gasteiger charge is 2.37. The first-order valence-corrected chi connectivity index (χ1v) is 6.54. The molecule has 1 aromatic heterocycles. The topological polar surface area (TPSA) is 68.0 Å². The van der Waals surface area contributed by atoms with Crippen LogP contribution < -0.4 is 11.1 Å². The summed E-state index contributed by atoms with van der Waals surface area (Å²) in [5.41, 5.74) is 6.55. The van der Waals surface area contributed by atoms with E-state index in [9.17, 15) is 4.79 Å². The number of hydrogen-bond donors (Lipinski definition) is 2. The van der Waals surface area contributed by atoms with Gasteiger partial charge in [0.05, 0.1) is 10.2 Å². The molecule has 17 heavy (non-hydrogen) atoms. The molecule has 0 atom stereocenters. The first kappa shape index (κ1) is 12.5. The summed E-state index contributed by atoms with van der Waals surface area (Å²) in [7, 11) is 0. The van der Waals surface area contributed by atoms with Crippen LogP contribution in [0.15, 0.2) is 22.9 Å². The molecule has 92 valence electrons. The molecular formula is C12H16BrN3O. The van der Waals surface area contributed by atoms with Gasteiger partial charge >= 0.3 is 0 Å². The van der Waals surface area contributed by atoms with Crippen LogP contribution in [0.2, 0.25) is 0 Å². The predicted octanol–water partition coefficient (Wildman–Crippen LogP) is 2.30. The van der Waals surface area contributed by atoms with Gasteiger partial charge in [-0.3, -0.25) is 9.78 Å². The van der Waals surface area contributed by atoms with Crippen molar-refractivity contribution < 1.29 is 4.79 Å². The van der Waals surface area contributed by atoms with E-state index in [0.717, 1.165) is 23.0 Å². The van der Waals surface area contributed by atoms with Crippen LogP contribution in [-0.2, 0) is 4.79 Å². The van der Waals surface area contributed by atoms with Gasteiger partial charge in [-0.1, -0.05) is 6.42 Å². The van der Waals surface area contributed by atoms with E-state index in [1.54, 1.807) is 18.5 Å². The lowest BCUT2D eigenvalue weighted by Crippen LogP contribution is -2.40. The number of carbonyl (C=O) groups excluding carboxylic acids is 1. The van der Waals surface area contributed by atoms with E-state index in [1.165, 1.54) is 6.42 Å². The molecule has 1 saturated carbocycles. The van der Waals surface area contributed by atoms with Gasteiger partial charge in [-0.25, -0.2) is 0 Å². The van der Waals surface area contributed by atoms with Gasteiger partial charge in [0.2, 0.25) is 5.91 Å². The Kier molecular flexibility index (Phi) is 3.79. The van der Waals surface area contributed by atoms with Crippen LogP contribution in [0, 0.1) is 5.41 Å². The van der Waals surface area contributed by atoms with Crippen molar-refractivity contribution in [1.82, 2.24) is 4.98 Å². The highest BCUT2D eigenvalue weighted by Crippen LogP contribution is 2.43. The van der Waals surface area contributed by atoms with Crippen LogP contribution in [0.4, 0.5) is 5.69 Å². The maximum atomic E-state index is 11.9. The van der Waals surface area contributed by atoms with Crippen molar-refractivity contribution in [2.45, 2.75) is 25.7 Å². The van der Waals surface area contributed by atoms with Crippen molar-refractivity contribution in [1.29, 1.82) is 0 Å². The molecule has 0 saturated heterocycles. The van der Waals surface area contributed by atoms with E-state index in [4.69, 9.17) is 5.73 Å². The van der Waals surface area contributed by atoms with Crippen molar-refractivity contribution in [2.24, 2.45) is 11.1 Å². The lowest BCUT2D eigenvalue weighted by atomic mass is 9.66. The van der Waals surface area contributed by atoms with E-state index in [2.05, 4.69) is 26.2 Å². The molecule has 0 aliphatic heterocycles. The second-order valence-corrected chi connectivity index (χ2v) is 5.49. The van der Waals surface area contributed by atoms with E-state index < -0.39 is 0 Å². The lowest BCUT2D eigenvalue weighted by molar-refractivity contribution is -0.119. The second kappa shape index (κ2) is 5.14. The number of aromatic nitrogens is 1. The van der Waals surface area contributed by atoms with E-state index in [0.29, 0.717) is 13.0 Å². The maximum absolute atomic E-state index is 11.9. The number of pyridine rings is 1. The molecule has 1 amide bonds. The maximum Gasteiger partial charge on any atom is 0.225 e. The quantitative estimate of drug-likeness (QED) is 0.896. The van der Waals surface area contributed by atoms with Gasteiger partial charge in [0.15, 0.2) is 0 Å². The number of hydrogen-bond acceptors (Lipinski definition) is 3. The van der Waals surface area contributed by atoms with Crippen LogP contribution in [-0.4, -0.2) is 17.4 Å². The third-order valence-electron chi connectivity index (χ3n) is 3.43. The molecule has 5 heteroatoms. The molecule has 1 fully saturated rings. The Labute approximate surface area is 109 Å². The molecule has 3 N–H and O–H groups in total. The molecule has 0 unspecified atom stereocenters. The number of amides is 1. The fraction of sp³-hybridized carbons (Fsp3) is 0.500. The largest absolute Gasteiger partial charge is 0.330 e. The van der Waals surface area contributed by atoms with Gasteiger partial charge in [-0.15, -0.1) is 0 Å². The van der Waals surface area contributed by atoms with Crippen molar-refractivity contribution >= 4 is 27.5 Å². The van der Waals surface area contributed by atoms with Crippen molar-refractivity contribution in [2.75, 3.05) is 11.9 Å². The normalized spacial score (nSPS) is 17.3. The smallest absolute Gasteiger partial charge is 0.225 e. The number of rotatable bonds is 4. The molecule has 1 aliphatic carbocycles. The predicted molar refractivity (Wildman–Crippen MR) is 70.5 cm³/mol. The Morgan fingerprint density at radius 1 is 1.59 bits per heavy atom. The molecule has 0 bridgehead atoms. The van der Waals surface area contributed by atoms with Crippen LogP contribution in [0.1, 0.15) is 25.7 Å². The number of halogens is 1. The minimum Gasteiger partial charge on any atom is -0.330 e. The van der Waals surface area contributed by atoms with Gasteiger partial charge < -0.3 is 11.1 Å². The monoisotopic (exact) mass is 297 g/mol. The number of nitrogens with two attached hydrogens (primary N) is 1. The molecule has 2 rings (SSSR count). The molecular weight excluding hydrogens is 282 g/mol. The zero-order valence-corrected chi connectivity index (χ0v) is 11.2. The summed E-state index contributed by atoms with van der Waals surface area (Å²) in [5, 5.41) is 2.89. The van der Waals surface area contributed by atoms with Gasteiger partial charge in [0.1, 0.15) is 0 Å². The summed E-state index contributed by atoms with van der Waals surface area (Å²) in [4.78, 5) is 15.9. The summed E-state index contributed by atoms with van der Waals surface area (Å²) in [5.74, 6) is 0.0297. The number of anilines is 1. The first-order chi connectivity index (χ1) is 8.15. The molecule has 1 heterocycles. The van der Waals surface area contributed by atoms with Gasteiger partial charge in [0, 0.05) is 18.8 Å². The minimum absolute atomic E-state index is 0.0297. The zero-order valence-electron chi connectivity index (χ0n) is 9.58. The Morgan fingerprint density at radius 3 is 2.88 bits per heavy atom. The highest BCUT2D eigenvalue weighted by molar-refractivity contribution is 9.10. The van der Waals surface area contributed by atoms with E-state index in [-0.39, 0.29) is 11.3 Å². The standard InChI is InChI=1S/C12H16BrN3O/c13-9-7-15-5-2-10(9)16-11(17)6-12(8-14)3-1-4-12/h2,5,7H,1,3-4,6,8,14H2,(H,15,16,17). The second-order valence-electron chi connectivity index (χ2n) is 4.64. The summed E-state index contributed by atoms with van der Waals surface area (Å²) in [6.45, 7) is 0.595. The Hall–Kier alpha value is -0.940. The first-order valence-electron chi connectivity index (χ1n) is 5.75. The number of carbonyl (C=O) groups is 1. The molecule has 0 aromatic carbocycles. The van der Waals surface area contributed by atoms with Gasteiger partial charge in [0.25, 0.3) is 0 Å². The number of nitrogens with one attached hydrogen (secondary N) is 1. The van der Waals surface area contributed by atoms with Gasteiger partial charge in [-0.05, 0) is 46.8 Å². The van der Waals surface area contributed by atoms with Crippen LogP contribution in [0.3, 0.4) is 0 Å². The summed E-state index contributed by atoms with van der Waals surface area (Å²) >= 11 is 3.35. The lowest BCUT2D eigenvalue weighted by Gasteiger charge is -2.40. The van der Waals surface area contributed by atoms with Gasteiger partial charge in [-0.2, -0.15) is 0 Å². The van der Waals surface area contributed by atoms with E-state index in [1.807, 2.05) is 0 Å². The number of nitrogens with zero attached hydrogens (tertiary/aromatic N) is 1. The zero-order chi connectivity index (χ0) is 12.3. The highest BCUT2D eigenvalue weighted by atomic mass is 79.9. The summed E-state index contributed by atoms with van der Waals surface area (Å²) in [6.07, 6.45) is 7.14. The molecule has 0 radical (unpaired) electrons.